The Hall–Kier alpha value is -1.46. The van der Waals surface area contributed by atoms with Crippen LogP contribution < -0.4 is 0 Å². The molecule has 1 heterocycles. The molecule has 1 aromatic rings. The van der Waals surface area contributed by atoms with E-state index in [4.69, 9.17) is 0 Å². The molecule has 66 valence electrons. The fourth-order valence-electron chi connectivity index (χ4n) is 0.805. The fraction of sp³-hybridized carbons (Fsp3) is 0.667. The molecule has 0 unspecified atom stereocenters. The number of rotatable bonds is 6. The summed E-state index contributed by atoms with van der Waals surface area (Å²) < 4.78 is 4.51. The van der Waals surface area contributed by atoms with Gasteiger partial charge in [-0.1, -0.05) is 5.21 Å². The summed E-state index contributed by atoms with van der Waals surface area (Å²) in [5.74, 6) is 0.695. The van der Waals surface area contributed by atoms with Gasteiger partial charge >= 0.3 is 0 Å². The second kappa shape index (κ2) is 5.22. The van der Waals surface area contributed by atoms with E-state index in [9.17, 15) is 4.79 Å². The van der Waals surface area contributed by atoms with Crippen molar-refractivity contribution in [3.63, 3.8) is 0 Å². The zero-order chi connectivity index (χ0) is 8.65. The van der Waals surface area contributed by atoms with Crippen molar-refractivity contribution >= 4 is 6.47 Å². The summed E-state index contributed by atoms with van der Waals surface area (Å²) in [5, 5.41) is 13.3. The van der Waals surface area contributed by atoms with Gasteiger partial charge in [0.05, 0.1) is 6.61 Å². The number of carbonyl (C=O) groups is 1. The molecule has 1 N–H and O–H groups in total. The minimum absolute atomic E-state index is 0.453. The highest BCUT2D eigenvalue weighted by Crippen LogP contribution is 1.96. The highest BCUT2D eigenvalue weighted by Gasteiger charge is 1.96. The van der Waals surface area contributed by atoms with Crippen molar-refractivity contribution in [2.24, 2.45) is 0 Å². The quantitative estimate of drug-likeness (QED) is 0.468. The molecule has 0 spiro atoms. The number of aromatic nitrogens is 4. The zero-order valence-electron chi connectivity index (χ0n) is 6.56. The van der Waals surface area contributed by atoms with Crippen LogP contribution in [0.5, 0.6) is 0 Å². The Morgan fingerprint density at radius 1 is 1.50 bits per heavy atom. The molecule has 0 fully saturated rings. The molecule has 0 bridgehead atoms. The molecule has 0 radical (unpaired) electrons. The van der Waals surface area contributed by atoms with Crippen molar-refractivity contribution in [2.45, 2.75) is 19.3 Å². The summed E-state index contributed by atoms with van der Waals surface area (Å²) in [4.78, 5) is 9.73. The van der Waals surface area contributed by atoms with Gasteiger partial charge in [-0.15, -0.1) is 10.2 Å². The molecule has 1 aromatic heterocycles. The van der Waals surface area contributed by atoms with Crippen LogP contribution in [0.4, 0.5) is 0 Å². The van der Waals surface area contributed by atoms with Crippen LogP contribution in [0.1, 0.15) is 18.7 Å². The fourth-order valence-corrected chi connectivity index (χ4v) is 0.805. The van der Waals surface area contributed by atoms with E-state index in [0.717, 1.165) is 19.3 Å². The van der Waals surface area contributed by atoms with Gasteiger partial charge < -0.3 is 4.74 Å². The number of aryl methyl sites for hydroxylation is 1. The summed E-state index contributed by atoms with van der Waals surface area (Å²) in [6.07, 6.45) is 2.49. The Kier molecular flexibility index (Phi) is 3.76. The molecule has 0 aliphatic carbocycles. The molecule has 0 aromatic carbocycles. The Bertz CT molecular complexity index is 211. The van der Waals surface area contributed by atoms with Crippen molar-refractivity contribution < 1.29 is 9.53 Å². The molecule has 0 amide bonds. The highest BCUT2D eigenvalue weighted by atomic mass is 16.5. The number of unbranched alkanes of at least 4 members (excludes halogenated alkanes) is 1. The normalized spacial score (nSPS) is 9.67. The Balaban J connectivity index is 2.00. The third-order valence-corrected chi connectivity index (χ3v) is 1.37. The van der Waals surface area contributed by atoms with E-state index in [2.05, 4.69) is 25.4 Å². The number of nitrogens with zero attached hydrogens (tertiary/aromatic N) is 3. The molecule has 1 rings (SSSR count). The maximum absolute atomic E-state index is 9.73. The summed E-state index contributed by atoms with van der Waals surface area (Å²) in [7, 11) is 0. The van der Waals surface area contributed by atoms with E-state index in [1.165, 1.54) is 0 Å². The van der Waals surface area contributed by atoms with Gasteiger partial charge in [0.2, 0.25) is 0 Å². The second-order valence-electron chi connectivity index (χ2n) is 2.25. The van der Waals surface area contributed by atoms with Crippen molar-refractivity contribution in [1.29, 1.82) is 0 Å². The minimum Gasteiger partial charge on any atom is -0.468 e. The van der Waals surface area contributed by atoms with E-state index in [1.807, 2.05) is 0 Å². The molecular weight excluding hydrogens is 160 g/mol. The van der Waals surface area contributed by atoms with Crippen LogP contribution in [0.2, 0.25) is 0 Å². The lowest BCUT2D eigenvalue weighted by atomic mass is 10.2. The van der Waals surface area contributed by atoms with Gasteiger partial charge in [-0.2, -0.15) is 5.21 Å². The van der Waals surface area contributed by atoms with Crippen molar-refractivity contribution in [1.82, 2.24) is 20.6 Å². The number of hydrogen-bond donors (Lipinski definition) is 1. The third-order valence-electron chi connectivity index (χ3n) is 1.37. The van der Waals surface area contributed by atoms with Gasteiger partial charge in [-0.05, 0) is 12.8 Å². The van der Waals surface area contributed by atoms with Gasteiger partial charge in [-0.3, -0.25) is 4.79 Å². The van der Waals surface area contributed by atoms with Crippen LogP contribution in [0.25, 0.3) is 0 Å². The Morgan fingerprint density at radius 2 is 2.42 bits per heavy atom. The minimum atomic E-state index is 0.453. The van der Waals surface area contributed by atoms with E-state index in [-0.39, 0.29) is 0 Å². The number of ether oxygens (including phenoxy) is 1. The predicted molar refractivity (Wildman–Crippen MR) is 39.1 cm³/mol. The van der Waals surface area contributed by atoms with Crippen molar-refractivity contribution in [3.05, 3.63) is 5.82 Å². The topological polar surface area (TPSA) is 80.8 Å². The molecule has 0 saturated carbocycles. The molecule has 6 nitrogen and oxygen atoms in total. The van der Waals surface area contributed by atoms with Crippen LogP contribution in [0.15, 0.2) is 0 Å². The number of hydrogen-bond acceptors (Lipinski definition) is 5. The number of carbonyl (C=O) groups excluding carboxylic acids is 1. The number of aromatic amines is 1. The first kappa shape index (κ1) is 8.63. The van der Waals surface area contributed by atoms with Gasteiger partial charge in [-0.25, -0.2) is 0 Å². The molecule has 12 heavy (non-hydrogen) atoms. The van der Waals surface area contributed by atoms with E-state index < -0.39 is 0 Å². The van der Waals surface area contributed by atoms with E-state index in [1.54, 1.807) is 0 Å². The van der Waals surface area contributed by atoms with Crippen LogP contribution >= 0.6 is 0 Å². The van der Waals surface area contributed by atoms with E-state index >= 15 is 0 Å². The highest BCUT2D eigenvalue weighted by molar-refractivity contribution is 5.36. The zero-order valence-corrected chi connectivity index (χ0v) is 6.56. The van der Waals surface area contributed by atoms with Crippen LogP contribution in [0.3, 0.4) is 0 Å². The number of H-pyrrole nitrogens is 1. The summed E-state index contributed by atoms with van der Waals surface area (Å²) >= 11 is 0. The molecule has 0 saturated heterocycles. The van der Waals surface area contributed by atoms with Gasteiger partial charge in [0.1, 0.15) is 0 Å². The first-order valence-corrected chi connectivity index (χ1v) is 3.71. The molecule has 0 aliphatic heterocycles. The smallest absolute Gasteiger partial charge is 0.293 e. The molecular formula is C6H10N4O2. The standard InChI is InChI=1S/C6H10N4O2/c11-5-12-4-2-1-3-6-7-9-10-8-6/h5H,1-4H2,(H,7,8,9,10). The lowest BCUT2D eigenvalue weighted by molar-refractivity contribution is -0.128. The SMILES string of the molecule is O=COCCCCc1nn[nH]n1. The number of nitrogens with one attached hydrogen (secondary N) is 1. The molecule has 0 atom stereocenters. The molecule has 0 aliphatic rings. The lowest BCUT2D eigenvalue weighted by Gasteiger charge is -1.95. The Morgan fingerprint density at radius 3 is 3.08 bits per heavy atom. The first-order valence-electron chi connectivity index (χ1n) is 3.71. The first-order chi connectivity index (χ1) is 5.93. The summed E-state index contributed by atoms with van der Waals surface area (Å²) in [6, 6.07) is 0. The van der Waals surface area contributed by atoms with Crippen molar-refractivity contribution in [2.75, 3.05) is 6.61 Å². The number of tetrazole rings is 1. The maximum atomic E-state index is 9.73. The van der Waals surface area contributed by atoms with Gasteiger partial charge in [0.25, 0.3) is 6.47 Å². The van der Waals surface area contributed by atoms with Crippen LogP contribution in [-0.2, 0) is 16.0 Å². The van der Waals surface area contributed by atoms with Crippen LogP contribution in [0, 0.1) is 0 Å². The molecule has 6 heteroatoms. The average molecular weight is 170 g/mol. The third kappa shape index (κ3) is 3.09. The van der Waals surface area contributed by atoms with E-state index in [0.29, 0.717) is 18.9 Å². The largest absolute Gasteiger partial charge is 0.468 e. The predicted octanol–water partition coefficient (Wildman–Crippen LogP) is -0.305. The summed E-state index contributed by atoms with van der Waals surface area (Å²) in [5.41, 5.74) is 0. The lowest BCUT2D eigenvalue weighted by Crippen LogP contribution is -1.94. The van der Waals surface area contributed by atoms with Crippen molar-refractivity contribution in [3.8, 4) is 0 Å². The monoisotopic (exact) mass is 170 g/mol. The Labute approximate surface area is 69.3 Å². The maximum Gasteiger partial charge on any atom is 0.293 e. The average Bonchev–Trinajstić information content (AvgIpc) is 2.57. The van der Waals surface area contributed by atoms with Gasteiger partial charge in [0, 0.05) is 6.42 Å². The van der Waals surface area contributed by atoms with Crippen LogP contribution in [-0.4, -0.2) is 33.7 Å². The van der Waals surface area contributed by atoms with Gasteiger partial charge in [0.15, 0.2) is 5.82 Å². The second-order valence-corrected chi connectivity index (χ2v) is 2.25. The summed E-state index contributed by atoms with van der Waals surface area (Å²) in [6.45, 7) is 0.912.